The predicted molar refractivity (Wildman–Crippen MR) is 94.8 cm³/mol. The van der Waals surface area contributed by atoms with Crippen LogP contribution in [0.3, 0.4) is 0 Å². The van der Waals surface area contributed by atoms with Crippen molar-refractivity contribution in [3.63, 3.8) is 0 Å². The molecule has 134 valence electrons. The Kier molecular flexibility index (Phi) is 5.43. The molecule has 2 aromatic rings. The van der Waals surface area contributed by atoms with Gasteiger partial charge in [-0.05, 0) is 42.7 Å². The van der Waals surface area contributed by atoms with E-state index in [1.54, 1.807) is 30.3 Å². The molecule has 0 aliphatic carbocycles. The third kappa shape index (κ3) is 4.03. The molecule has 7 heteroatoms. The van der Waals surface area contributed by atoms with Gasteiger partial charge < -0.3 is 4.74 Å². The molecule has 1 aliphatic heterocycles. The molecule has 0 spiro atoms. The largest absolute Gasteiger partial charge is 0.381 e. The lowest BCUT2D eigenvalue weighted by Crippen LogP contribution is -2.44. The SMILES string of the molecule is O=S(=O)(NCC1(c2ccc(F)cc2)CCOCC1)c1ccccc1Cl. The van der Waals surface area contributed by atoms with E-state index in [0.29, 0.717) is 26.1 Å². The van der Waals surface area contributed by atoms with Crippen LogP contribution in [-0.4, -0.2) is 28.2 Å². The molecule has 1 heterocycles. The Morgan fingerprint density at radius 1 is 1.08 bits per heavy atom. The summed E-state index contributed by atoms with van der Waals surface area (Å²) in [6, 6.07) is 12.5. The molecule has 1 N–H and O–H groups in total. The number of nitrogens with one attached hydrogen (secondary N) is 1. The highest BCUT2D eigenvalue weighted by Crippen LogP contribution is 2.35. The number of halogens is 2. The van der Waals surface area contributed by atoms with Crippen LogP contribution in [0.5, 0.6) is 0 Å². The van der Waals surface area contributed by atoms with Crippen molar-refractivity contribution in [3.05, 3.63) is 64.9 Å². The Bertz CT molecular complexity index is 834. The summed E-state index contributed by atoms with van der Waals surface area (Å²) in [5.74, 6) is -0.317. The van der Waals surface area contributed by atoms with E-state index >= 15 is 0 Å². The molecule has 0 amide bonds. The van der Waals surface area contributed by atoms with E-state index in [1.165, 1.54) is 18.2 Å². The number of rotatable bonds is 5. The van der Waals surface area contributed by atoms with Gasteiger partial charge in [-0.1, -0.05) is 35.9 Å². The minimum absolute atomic E-state index is 0.0537. The van der Waals surface area contributed by atoms with Crippen molar-refractivity contribution in [2.24, 2.45) is 0 Å². The van der Waals surface area contributed by atoms with Crippen LogP contribution in [0.15, 0.2) is 53.4 Å². The van der Waals surface area contributed by atoms with Crippen molar-refractivity contribution in [1.29, 1.82) is 0 Å². The molecule has 0 unspecified atom stereocenters. The summed E-state index contributed by atoms with van der Waals surface area (Å²) in [4.78, 5) is 0.0537. The van der Waals surface area contributed by atoms with Gasteiger partial charge in [0.15, 0.2) is 0 Å². The van der Waals surface area contributed by atoms with E-state index in [-0.39, 0.29) is 22.3 Å². The van der Waals surface area contributed by atoms with E-state index < -0.39 is 15.4 Å². The Balaban J connectivity index is 1.86. The zero-order chi connectivity index (χ0) is 17.9. The lowest BCUT2D eigenvalue weighted by Gasteiger charge is -2.38. The molecule has 3 rings (SSSR count). The molecule has 1 aliphatic rings. The molecule has 1 saturated heterocycles. The highest BCUT2D eigenvalue weighted by Gasteiger charge is 2.36. The Morgan fingerprint density at radius 3 is 2.36 bits per heavy atom. The van der Waals surface area contributed by atoms with Crippen LogP contribution in [0.4, 0.5) is 4.39 Å². The summed E-state index contributed by atoms with van der Waals surface area (Å²) in [7, 11) is -3.74. The van der Waals surface area contributed by atoms with Gasteiger partial charge in [-0.3, -0.25) is 0 Å². The first kappa shape index (κ1) is 18.3. The van der Waals surface area contributed by atoms with Gasteiger partial charge in [0.1, 0.15) is 10.7 Å². The van der Waals surface area contributed by atoms with Crippen LogP contribution in [0.25, 0.3) is 0 Å². The molecule has 0 saturated carbocycles. The summed E-state index contributed by atoms with van der Waals surface area (Å²) in [6.07, 6.45) is 1.31. The number of hydrogen-bond acceptors (Lipinski definition) is 3. The van der Waals surface area contributed by atoms with Crippen molar-refractivity contribution in [2.75, 3.05) is 19.8 Å². The van der Waals surface area contributed by atoms with E-state index in [9.17, 15) is 12.8 Å². The molecule has 4 nitrogen and oxygen atoms in total. The van der Waals surface area contributed by atoms with Crippen molar-refractivity contribution in [1.82, 2.24) is 4.72 Å². The summed E-state index contributed by atoms with van der Waals surface area (Å²) in [6.45, 7) is 1.27. The molecule has 0 bridgehead atoms. The Hall–Kier alpha value is -1.47. The molecule has 2 aromatic carbocycles. The molecule has 0 aromatic heterocycles. The first-order valence-electron chi connectivity index (χ1n) is 8.01. The summed E-state index contributed by atoms with van der Waals surface area (Å²) in [5, 5.41) is 0.179. The quantitative estimate of drug-likeness (QED) is 0.859. The van der Waals surface area contributed by atoms with Crippen LogP contribution in [-0.2, 0) is 20.2 Å². The third-order valence-corrected chi connectivity index (χ3v) is 6.53. The maximum atomic E-state index is 13.3. The van der Waals surface area contributed by atoms with Gasteiger partial charge in [-0.15, -0.1) is 0 Å². The predicted octanol–water partition coefficient (Wildman–Crippen LogP) is 3.51. The number of hydrogen-bond donors (Lipinski definition) is 1. The van der Waals surface area contributed by atoms with Crippen LogP contribution in [0, 0.1) is 5.82 Å². The van der Waals surface area contributed by atoms with Crippen molar-refractivity contribution in [2.45, 2.75) is 23.2 Å². The average Bonchev–Trinajstić information content (AvgIpc) is 2.62. The monoisotopic (exact) mass is 383 g/mol. The van der Waals surface area contributed by atoms with Gasteiger partial charge in [0.05, 0.1) is 5.02 Å². The minimum Gasteiger partial charge on any atom is -0.381 e. The number of sulfonamides is 1. The second kappa shape index (κ2) is 7.41. The maximum absolute atomic E-state index is 13.3. The van der Waals surface area contributed by atoms with E-state index in [1.807, 2.05) is 0 Å². The summed E-state index contributed by atoms with van der Waals surface area (Å²) < 4.78 is 46.7. The molecule has 0 radical (unpaired) electrons. The zero-order valence-electron chi connectivity index (χ0n) is 13.5. The van der Waals surface area contributed by atoms with Crippen LogP contribution in [0.1, 0.15) is 18.4 Å². The van der Waals surface area contributed by atoms with E-state index in [4.69, 9.17) is 16.3 Å². The highest BCUT2D eigenvalue weighted by atomic mass is 35.5. The molecular weight excluding hydrogens is 365 g/mol. The van der Waals surface area contributed by atoms with Crippen LogP contribution < -0.4 is 4.72 Å². The first-order valence-corrected chi connectivity index (χ1v) is 9.87. The first-order chi connectivity index (χ1) is 11.9. The number of ether oxygens (including phenoxy) is 1. The number of benzene rings is 2. The van der Waals surface area contributed by atoms with Crippen molar-refractivity contribution < 1.29 is 17.5 Å². The van der Waals surface area contributed by atoms with Crippen molar-refractivity contribution >= 4 is 21.6 Å². The fraction of sp³-hybridized carbons (Fsp3) is 0.333. The standard InChI is InChI=1S/C18H19ClFNO3S/c19-16-3-1-2-4-17(16)25(22,23)21-13-18(9-11-24-12-10-18)14-5-7-15(20)8-6-14/h1-8,21H,9-13H2. The van der Waals surface area contributed by atoms with Gasteiger partial charge in [0.2, 0.25) is 10.0 Å². The van der Waals surface area contributed by atoms with E-state index in [2.05, 4.69) is 4.72 Å². The summed E-state index contributed by atoms with van der Waals surface area (Å²) >= 11 is 6.02. The van der Waals surface area contributed by atoms with Gasteiger partial charge in [-0.2, -0.15) is 0 Å². The van der Waals surface area contributed by atoms with Gasteiger partial charge in [0.25, 0.3) is 0 Å². The zero-order valence-corrected chi connectivity index (χ0v) is 15.1. The van der Waals surface area contributed by atoms with E-state index in [0.717, 1.165) is 5.56 Å². The van der Waals surface area contributed by atoms with Gasteiger partial charge in [0, 0.05) is 25.2 Å². The molecular formula is C18H19ClFNO3S. The molecule has 25 heavy (non-hydrogen) atoms. The second-order valence-electron chi connectivity index (χ2n) is 6.15. The molecule has 1 fully saturated rings. The topological polar surface area (TPSA) is 55.4 Å². The van der Waals surface area contributed by atoms with Crippen molar-refractivity contribution in [3.8, 4) is 0 Å². The molecule has 0 atom stereocenters. The summed E-state index contributed by atoms with van der Waals surface area (Å²) in [5.41, 5.74) is 0.472. The van der Waals surface area contributed by atoms with Crippen LogP contribution >= 0.6 is 11.6 Å². The van der Waals surface area contributed by atoms with Gasteiger partial charge in [-0.25, -0.2) is 17.5 Å². The third-order valence-electron chi connectivity index (χ3n) is 4.63. The lowest BCUT2D eigenvalue weighted by molar-refractivity contribution is 0.0517. The maximum Gasteiger partial charge on any atom is 0.242 e. The minimum atomic E-state index is -3.74. The fourth-order valence-corrected chi connectivity index (χ4v) is 4.75. The highest BCUT2D eigenvalue weighted by molar-refractivity contribution is 7.89. The van der Waals surface area contributed by atoms with Crippen LogP contribution in [0.2, 0.25) is 5.02 Å². The lowest BCUT2D eigenvalue weighted by atomic mass is 9.74. The fourth-order valence-electron chi connectivity index (χ4n) is 3.11. The normalized spacial score (nSPS) is 17.4. The average molecular weight is 384 g/mol. The second-order valence-corrected chi connectivity index (χ2v) is 8.30. The smallest absolute Gasteiger partial charge is 0.242 e. The van der Waals surface area contributed by atoms with Gasteiger partial charge >= 0.3 is 0 Å². The Labute approximate surface area is 152 Å². The Morgan fingerprint density at radius 2 is 1.72 bits per heavy atom.